The van der Waals surface area contributed by atoms with E-state index in [1.807, 2.05) is 43.3 Å². The molecule has 0 unspecified atom stereocenters. The van der Waals surface area contributed by atoms with E-state index in [1.165, 1.54) is 0 Å². The summed E-state index contributed by atoms with van der Waals surface area (Å²) in [5, 5.41) is 3.42. The molecule has 1 saturated heterocycles. The summed E-state index contributed by atoms with van der Waals surface area (Å²) < 4.78 is 0.783. The molecule has 2 aromatic rings. The highest BCUT2D eigenvalue weighted by atomic mass is 79.9. The molecule has 2 aromatic carbocycles. The number of amides is 2. The molecule has 3 rings (SSSR count). The Morgan fingerprint density at radius 1 is 1.29 bits per heavy atom. The first-order valence-corrected chi connectivity index (χ1v) is 8.74. The predicted molar refractivity (Wildman–Crippen MR) is 99.4 cm³/mol. The van der Waals surface area contributed by atoms with Crippen LogP contribution in [0.2, 0.25) is 5.02 Å². The molecule has 0 bridgehead atoms. The van der Waals surface area contributed by atoms with Crippen LogP contribution in [0, 0.1) is 12.8 Å². The van der Waals surface area contributed by atoms with Crippen LogP contribution >= 0.6 is 27.5 Å². The molecular formula is C18H16BrClN2O2. The quantitative estimate of drug-likeness (QED) is 0.819. The fourth-order valence-electron chi connectivity index (χ4n) is 2.76. The topological polar surface area (TPSA) is 49.4 Å². The van der Waals surface area contributed by atoms with Crippen molar-refractivity contribution in [3.63, 3.8) is 0 Å². The lowest BCUT2D eigenvalue weighted by molar-refractivity contribution is -0.122. The van der Waals surface area contributed by atoms with Crippen molar-refractivity contribution >= 4 is 50.7 Å². The van der Waals surface area contributed by atoms with Crippen LogP contribution < -0.4 is 10.2 Å². The molecular weight excluding hydrogens is 392 g/mol. The van der Waals surface area contributed by atoms with E-state index in [4.69, 9.17) is 11.6 Å². The molecule has 124 valence electrons. The first kappa shape index (κ1) is 17.0. The number of nitrogens with zero attached hydrogens (tertiary/aromatic N) is 1. The van der Waals surface area contributed by atoms with Crippen molar-refractivity contribution in [3.8, 4) is 0 Å². The maximum Gasteiger partial charge on any atom is 0.229 e. The minimum Gasteiger partial charge on any atom is -0.325 e. The number of nitrogens with one attached hydrogen (secondary N) is 1. The number of halogens is 2. The lowest BCUT2D eigenvalue weighted by Crippen LogP contribution is -2.28. The molecule has 6 heteroatoms. The summed E-state index contributed by atoms with van der Waals surface area (Å²) in [7, 11) is 0. The van der Waals surface area contributed by atoms with Gasteiger partial charge >= 0.3 is 0 Å². The monoisotopic (exact) mass is 406 g/mol. The highest BCUT2D eigenvalue weighted by molar-refractivity contribution is 9.10. The fraction of sp³-hybridized carbons (Fsp3) is 0.222. The predicted octanol–water partition coefficient (Wildman–Crippen LogP) is 4.40. The number of carbonyl (C=O) groups excluding carboxylic acids is 2. The van der Waals surface area contributed by atoms with Crippen LogP contribution in [-0.2, 0) is 9.59 Å². The van der Waals surface area contributed by atoms with Gasteiger partial charge in [-0.1, -0.05) is 29.8 Å². The van der Waals surface area contributed by atoms with Crippen molar-refractivity contribution in [1.82, 2.24) is 0 Å². The number of hydrogen-bond donors (Lipinski definition) is 1. The minimum absolute atomic E-state index is 0.0353. The van der Waals surface area contributed by atoms with Gasteiger partial charge in [-0.05, 0) is 52.7 Å². The molecule has 0 saturated carbocycles. The Labute approximate surface area is 153 Å². The molecule has 4 nitrogen and oxygen atoms in total. The Morgan fingerprint density at radius 2 is 2.00 bits per heavy atom. The van der Waals surface area contributed by atoms with Crippen molar-refractivity contribution < 1.29 is 9.59 Å². The van der Waals surface area contributed by atoms with Gasteiger partial charge in [0.25, 0.3) is 0 Å². The average molecular weight is 408 g/mol. The number of benzene rings is 2. The third-order valence-corrected chi connectivity index (χ3v) is 5.29. The SMILES string of the molecule is Cc1cc(Br)c(Cl)cc1NC(=O)[C@H]1CC(=O)N(c2ccccc2)C1. The second kappa shape index (κ2) is 6.95. The summed E-state index contributed by atoms with van der Waals surface area (Å²) in [5.41, 5.74) is 2.39. The van der Waals surface area contributed by atoms with Crippen LogP contribution in [0.1, 0.15) is 12.0 Å². The molecule has 0 radical (unpaired) electrons. The van der Waals surface area contributed by atoms with Crippen molar-refractivity contribution in [1.29, 1.82) is 0 Å². The van der Waals surface area contributed by atoms with Gasteiger partial charge in [-0.3, -0.25) is 9.59 Å². The number of anilines is 2. The smallest absolute Gasteiger partial charge is 0.229 e. The van der Waals surface area contributed by atoms with Gasteiger partial charge in [0.05, 0.1) is 10.9 Å². The Morgan fingerprint density at radius 3 is 2.71 bits per heavy atom. The lowest BCUT2D eigenvalue weighted by atomic mass is 10.1. The zero-order valence-corrected chi connectivity index (χ0v) is 15.4. The van der Waals surface area contributed by atoms with Gasteiger partial charge in [-0.2, -0.15) is 0 Å². The first-order valence-electron chi connectivity index (χ1n) is 7.57. The molecule has 1 atom stereocenters. The van der Waals surface area contributed by atoms with Gasteiger partial charge in [0.1, 0.15) is 0 Å². The molecule has 0 spiro atoms. The van der Waals surface area contributed by atoms with Crippen LogP contribution in [0.3, 0.4) is 0 Å². The van der Waals surface area contributed by atoms with Crippen LogP contribution in [0.4, 0.5) is 11.4 Å². The van der Waals surface area contributed by atoms with Crippen LogP contribution in [0.15, 0.2) is 46.9 Å². The Bertz CT molecular complexity index is 795. The second-order valence-corrected chi connectivity index (χ2v) is 7.07. The van der Waals surface area contributed by atoms with E-state index < -0.39 is 0 Å². The molecule has 0 aromatic heterocycles. The fourth-order valence-corrected chi connectivity index (χ4v) is 3.38. The van der Waals surface area contributed by atoms with E-state index >= 15 is 0 Å². The third kappa shape index (κ3) is 3.47. The summed E-state index contributed by atoms with van der Waals surface area (Å²) in [5.74, 6) is -0.574. The van der Waals surface area contributed by atoms with Gasteiger partial charge in [0.2, 0.25) is 11.8 Å². The normalized spacial score (nSPS) is 17.2. The Hall–Kier alpha value is -1.85. The van der Waals surface area contributed by atoms with E-state index in [0.717, 1.165) is 15.7 Å². The molecule has 2 amide bonds. The summed E-state index contributed by atoms with van der Waals surface area (Å²) in [4.78, 5) is 26.4. The minimum atomic E-state index is -0.375. The molecule has 1 N–H and O–H groups in total. The Kier molecular flexibility index (Phi) is 4.92. The van der Waals surface area contributed by atoms with E-state index in [9.17, 15) is 9.59 Å². The lowest BCUT2D eigenvalue weighted by Gasteiger charge is -2.17. The van der Waals surface area contributed by atoms with Gasteiger partial charge in [-0.15, -0.1) is 0 Å². The van der Waals surface area contributed by atoms with Crippen molar-refractivity contribution in [3.05, 3.63) is 57.5 Å². The van der Waals surface area contributed by atoms with Crippen LogP contribution in [0.5, 0.6) is 0 Å². The maximum absolute atomic E-state index is 12.5. The van der Waals surface area contributed by atoms with E-state index in [2.05, 4.69) is 21.2 Å². The molecule has 1 heterocycles. The van der Waals surface area contributed by atoms with Gasteiger partial charge in [0.15, 0.2) is 0 Å². The zero-order chi connectivity index (χ0) is 17.3. The van der Waals surface area contributed by atoms with Crippen molar-refractivity contribution in [2.24, 2.45) is 5.92 Å². The average Bonchev–Trinajstić information content (AvgIpc) is 2.95. The van der Waals surface area contributed by atoms with Gasteiger partial charge in [-0.25, -0.2) is 0 Å². The highest BCUT2D eigenvalue weighted by Crippen LogP contribution is 2.30. The summed E-state index contributed by atoms with van der Waals surface area (Å²) in [6.45, 7) is 2.28. The van der Waals surface area contributed by atoms with Crippen LogP contribution in [-0.4, -0.2) is 18.4 Å². The van der Waals surface area contributed by atoms with E-state index in [1.54, 1.807) is 11.0 Å². The summed E-state index contributed by atoms with van der Waals surface area (Å²) in [6.07, 6.45) is 0.212. The number of hydrogen-bond acceptors (Lipinski definition) is 2. The van der Waals surface area contributed by atoms with Crippen LogP contribution in [0.25, 0.3) is 0 Å². The standard InChI is InChI=1S/C18H16BrClN2O2/c1-11-7-14(19)15(20)9-16(11)21-18(24)12-8-17(23)22(10-12)13-5-3-2-4-6-13/h2-7,9,12H,8,10H2,1H3,(H,21,24)/t12-/m0/s1. The Balaban J connectivity index is 1.73. The third-order valence-electron chi connectivity index (χ3n) is 4.09. The number of para-hydroxylation sites is 1. The molecule has 24 heavy (non-hydrogen) atoms. The number of aryl methyl sites for hydroxylation is 1. The molecule has 0 aliphatic carbocycles. The molecule has 1 aliphatic heterocycles. The number of carbonyl (C=O) groups is 2. The molecule has 1 aliphatic rings. The summed E-state index contributed by atoms with van der Waals surface area (Å²) in [6, 6.07) is 13.0. The highest BCUT2D eigenvalue weighted by Gasteiger charge is 2.35. The summed E-state index contributed by atoms with van der Waals surface area (Å²) >= 11 is 9.45. The van der Waals surface area contributed by atoms with Crippen molar-refractivity contribution in [2.75, 3.05) is 16.8 Å². The van der Waals surface area contributed by atoms with E-state index in [0.29, 0.717) is 17.3 Å². The van der Waals surface area contributed by atoms with E-state index in [-0.39, 0.29) is 24.2 Å². The van der Waals surface area contributed by atoms with Gasteiger partial charge in [0, 0.05) is 28.8 Å². The molecule has 1 fully saturated rings. The number of rotatable bonds is 3. The second-order valence-electron chi connectivity index (χ2n) is 5.81. The largest absolute Gasteiger partial charge is 0.325 e. The van der Waals surface area contributed by atoms with Gasteiger partial charge < -0.3 is 10.2 Å². The first-order chi connectivity index (χ1) is 11.5. The zero-order valence-electron chi connectivity index (χ0n) is 13.1. The van der Waals surface area contributed by atoms with Crippen molar-refractivity contribution in [2.45, 2.75) is 13.3 Å². The maximum atomic E-state index is 12.5.